The van der Waals surface area contributed by atoms with Crippen molar-refractivity contribution in [3.63, 3.8) is 0 Å². The van der Waals surface area contributed by atoms with E-state index in [1.54, 1.807) is 0 Å². The smallest absolute Gasteiger partial charge is 0.339 e. The quantitative estimate of drug-likeness (QED) is 0.339. The molecule has 6 rings (SSSR count). The van der Waals surface area contributed by atoms with Crippen molar-refractivity contribution in [1.82, 2.24) is 0 Å². The summed E-state index contributed by atoms with van der Waals surface area (Å²) in [5, 5.41) is 13.1. The number of hydrogen-bond acceptors (Lipinski definition) is 5. The molecule has 5 heteroatoms. The number of benzene rings is 4. The van der Waals surface area contributed by atoms with Gasteiger partial charge in [0.1, 0.15) is 18.5 Å². The molecule has 2 heterocycles. The maximum Gasteiger partial charge on any atom is 0.339 e. The normalized spacial score (nSPS) is 18.6. The van der Waals surface area contributed by atoms with Crippen molar-refractivity contribution in [2.24, 2.45) is 0 Å². The Labute approximate surface area is 210 Å². The minimum atomic E-state index is -0.849. The van der Waals surface area contributed by atoms with Crippen molar-refractivity contribution in [3.8, 4) is 16.9 Å². The molecule has 1 N–H and O–H groups in total. The Hall–Kier alpha value is -3.67. The first-order valence-corrected chi connectivity index (χ1v) is 12.4. The van der Waals surface area contributed by atoms with Gasteiger partial charge in [0.2, 0.25) is 0 Å². The zero-order chi connectivity index (χ0) is 24.7. The van der Waals surface area contributed by atoms with E-state index in [9.17, 15) is 9.90 Å². The van der Waals surface area contributed by atoms with Crippen LogP contribution < -0.4 is 4.74 Å². The third-order valence-electron chi connectivity index (χ3n) is 7.32. The summed E-state index contributed by atoms with van der Waals surface area (Å²) < 4.78 is 17.2. The molecule has 36 heavy (non-hydrogen) atoms. The van der Waals surface area contributed by atoms with E-state index in [0.29, 0.717) is 38.2 Å². The van der Waals surface area contributed by atoms with Gasteiger partial charge in [0.05, 0.1) is 11.2 Å². The third kappa shape index (κ3) is 4.04. The van der Waals surface area contributed by atoms with Crippen LogP contribution in [0.4, 0.5) is 0 Å². The van der Waals surface area contributed by atoms with Crippen LogP contribution in [0.1, 0.15) is 52.9 Å². The Bertz CT molecular complexity index is 1440. The number of carbonyl (C=O) groups is 1. The summed E-state index contributed by atoms with van der Waals surface area (Å²) in [5.74, 6) is 0.468. The zero-order valence-corrected chi connectivity index (χ0v) is 20.2. The molecule has 0 radical (unpaired) electrons. The SMILES string of the molecule is CC1OC(=O)c2cc3ccc(OCc4cccc(C5(O)CCOCC5)c4)cc3c(-c3ccccc3)c21. The Morgan fingerprint density at radius 3 is 2.58 bits per heavy atom. The minimum absolute atomic E-state index is 0.275. The first kappa shape index (κ1) is 22.8. The molecule has 2 aliphatic heterocycles. The average molecular weight is 481 g/mol. The molecule has 4 aromatic carbocycles. The second kappa shape index (κ2) is 9.08. The van der Waals surface area contributed by atoms with E-state index in [1.165, 1.54) is 0 Å². The monoisotopic (exact) mass is 480 g/mol. The van der Waals surface area contributed by atoms with Crippen LogP contribution in [0.15, 0.2) is 78.9 Å². The summed E-state index contributed by atoms with van der Waals surface area (Å²) >= 11 is 0. The Kier molecular flexibility index (Phi) is 5.75. The van der Waals surface area contributed by atoms with Crippen molar-refractivity contribution in [2.75, 3.05) is 13.2 Å². The third-order valence-corrected chi connectivity index (χ3v) is 7.32. The summed E-state index contributed by atoms with van der Waals surface area (Å²) in [6.45, 7) is 3.44. The molecule has 1 fully saturated rings. The molecule has 182 valence electrons. The van der Waals surface area contributed by atoms with Crippen molar-refractivity contribution in [1.29, 1.82) is 0 Å². The van der Waals surface area contributed by atoms with E-state index in [2.05, 4.69) is 12.1 Å². The van der Waals surface area contributed by atoms with Crippen LogP contribution in [0.25, 0.3) is 21.9 Å². The zero-order valence-electron chi connectivity index (χ0n) is 20.2. The largest absolute Gasteiger partial charge is 0.489 e. The minimum Gasteiger partial charge on any atom is -0.489 e. The topological polar surface area (TPSA) is 65.0 Å². The fraction of sp³-hybridized carbons (Fsp3) is 0.258. The lowest BCUT2D eigenvalue weighted by atomic mass is 9.86. The van der Waals surface area contributed by atoms with Crippen LogP contribution in [-0.4, -0.2) is 24.3 Å². The number of cyclic esters (lactones) is 1. The lowest BCUT2D eigenvalue weighted by molar-refractivity contribution is -0.0679. The first-order chi connectivity index (χ1) is 17.5. The number of esters is 1. The second-order valence-electron chi connectivity index (χ2n) is 9.64. The Balaban J connectivity index is 1.35. The molecule has 0 spiro atoms. The van der Waals surface area contributed by atoms with E-state index in [-0.39, 0.29) is 12.1 Å². The second-order valence-corrected chi connectivity index (χ2v) is 9.64. The van der Waals surface area contributed by atoms with Crippen LogP contribution in [-0.2, 0) is 21.7 Å². The molecule has 1 atom stereocenters. The molecule has 4 aromatic rings. The van der Waals surface area contributed by atoms with Crippen molar-refractivity contribution < 1.29 is 24.1 Å². The fourth-order valence-corrected chi connectivity index (χ4v) is 5.39. The summed E-state index contributed by atoms with van der Waals surface area (Å²) in [6.07, 6.45) is 0.883. The number of hydrogen-bond donors (Lipinski definition) is 1. The number of rotatable bonds is 5. The molecule has 5 nitrogen and oxygen atoms in total. The molecular formula is C31H28O5. The molecule has 0 aromatic heterocycles. The lowest BCUT2D eigenvalue weighted by Crippen LogP contribution is -2.33. The van der Waals surface area contributed by atoms with Gasteiger partial charge in [-0.1, -0.05) is 54.6 Å². The highest BCUT2D eigenvalue weighted by atomic mass is 16.5. The van der Waals surface area contributed by atoms with Gasteiger partial charge in [-0.3, -0.25) is 0 Å². The highest BCUT2D eigenvalue weighted by Crippen LogP contribution is 2.43. The van der Waals surface area contributed by atoms with Crippen LogP contribution in [0.3, 0.4) is 0 Å². The molecule has 0 amide bonds. The van der Waals surface area contributed by atoms with Gasteiger partial charge in [0, 0.05) is 31.6 Å². The number of carbonyl (C=O) groups excluding carboxylic acids is 1. The average Bonchev–Trinajstić information content (AvgIpc) is 3.19. The maximum absolute atomic E-state index is 12.5. The maximum atomic E-state index is 12.5. The van der Waals surface area contributed by atoms with E-state index >= 15 is 0 Å². The predicted molar refractivity (Wildman–Crippen MR) is 138 cm³/mol. The number of fused-ring (bicyclic) bond motifs is 2. The van der Waals surface area contributed by atoms with Gasteiger partial charge in [-0.15, -0.1) is 0 Å². The van der Waals surface area contributed by atoms with Crippen LogP contribution in [0.5, 0.6) is 5.75 Å². The van der Waals surface area contributed by atoms with Gasteiger partial charge >= 0.3 is 5.97 Å². The summed E-state index contributed by atoms with van der Waals surface area (Å²) in [4.78, 5) is 12.5. The van der Waals surface area contributed by atoms with Crippen LogP contribution in [0, 0.1) is 0 Å². The van der Waals surface area contributed by atoms with E-state index in [4.69, 9.17) is 14.2 Å². The summed E-state index contributed by atoms with van der Waals surface area (Å²) in [7, 11) is 0. The molecule has 2 aliphatic rings. The fourth-order valence-electron chi connectivity index (χ4n) is 5.39. The number of aliphatic hydroxyl groups is 1. The van der Waals surface area contributed by atoms with Crippen LogP contribution in [0.2, 0.25) is 0 Å². The Morgan fingerprint density at radius 1 is 0.972 bits per heavy atom. The number of ether oxygens (including phenoxy) is 3. The molecule has 0 saturated carbocycles. The van der Waals surface area contributed by atoms with E-state index in [0.717, 1.165) is 44.3 Å². The Morgan fingerprint density at radius 2 is 1.78 bits per heavy atom. The van der Waals surface area contributed by atoms with Gasteiger partial charge in [-0.25, -0.2) is 4.79 Å². The van der Waals surface area contributed by atoms with Gasteiger partial charge < -0.3 is 19.3 Å². The first-order valence-electron chi connectivity index (χ1n) is 12.4. The predicted octanol–water partition coefficient (Wildman–Crippen LogP) is 6.32. The highest BCUT2D eigenvalue weighted by Gasteiger charge is 2.33. The van der Waals surface area contributed by atoms with Gasteiger partial charge in [0.15, 0.2) is 0 Å². The van der Waals surface area contributed by atoms with Crippen molar-refractivity contribution in [3.05, 3.63) is 101 Å². The lowest BCUT2D eigenvalue weighted by Gasteiger charge is -2.32. The van der Waals surface area contributed by atoms with Gasteiger partial charge in [0.25, 0.3) is 0 Å². The summed E-state index contributed by atoms with van der Waals surface area (Å²) in [6, 6.07) is 26.0. The van der Waals surface area contributed by atoms with E-state index in [1.807, 2.05) is 73.7 Å². The summed E-state index contributed by atoms with van der Waals surface area (Å²) in [5.41, 5.74) is 4.66. The standard InChI is InChI=1S/C31H28O5/c1-20-28-27(30(32)36-20)17-23-10-11-25(18-26(23)29(28)22-7-3-2-4-8-22)35-19-21-6-5-9-24(16-21)31(33)12-14-34-15-13-31/h2-11,16-18,20,33H,12-15,19H2,1H3. The van der Waals surface area contributed by atoms with E-state index < -0.39 is 5.60 Å². The molecule has 0 aliphatic carbocycles. The molecule has 1 unspecified atom stereocenters. The van der Waals surface area contributed by atoms with Gasteiger partial charge in [-0.2, -0.15) is 0 Å². The highest BCUT2D eigenvalue weighted by molar-refractivity contribution is 6.07. The van der Waals surface area contributed by atoms with Gasteiger partial charge in [-0.05, 0) is 64.2 Å². The molecular weight excluding hydrogens is 452 g/mol. The van der Waals surface area contributed by atoms with Crippen molar-refractivity contribution in [2.45, 2.75) is 38.1 Å². The molecule has 0 bridgehead atoms. The van der Waals surface area contributed by atoms with Crippen LogP contribution >= 0.6 is 0 Å². The van der Waals surface area contributed by atoms with Crippen molar-refractivity contribution >= 4 is 16.7 Å². The molecule has 1 saturated heterocycles.